The average Bonchev–Trinajstić information content (AvgIpc) is 2.92. The Morgan fingerprint density at radius 1 is 1.19 bits per heavy atom. The lowest BCUT2D eigenvalue weighted by molar-refractivity contribution is -0.137. The zero-order valence-corrected chi connectivity index (χ0v) is 14.8. The van der Waals surface area contributed by atoms with E-state index in [4.69, 9.17) is 5.73 Å². The predicted molar refractivity (Wildman–Crippen MR) is 93.7 cm³/mol. The van der Waals surface area contributed by atoms with Crippen molar-refractivity contribution in [3.05, 3.63) is 41.5 Å². The molecule has 26 heavy (non-hydrogen) atoms. The van der Waals surface area contributed by atoms with Crippen LogP contribution in [0.2, 0.25) is 0 Å². The molecule has 1 fully saturated rings. The standard InChI is InChI=1S/C17H18F4N4.ClH/c1-9-14(13-5-2-10(6-15(13)18)17(19,20)21)8-23-16(24-9)25-12-4-3-11(22)7-12;/h2,5-6,8,11-12H,3-4,7,22H2,1H3,(H,23,24,25);1H/t11-,12-;/m0./s1. The fourth-order valence-electron chi connectivity index (χ4n) is 3.04. The van der Waals surface area contributed by atoms with E-state index in [0.29, 0.717) is 23.3 Å². The molecule has 2 aromatic rings. The van der Waals surface area contributed by atoms with Crippen molar-refractivity contribution >= 4 is 18.4 Å². The van der Waals surface area contributed by atoms with E-state index in [1.165, 1.54) is 6.20 Å². The molecule has 1 aromatic carbocycles. The highest BCUT2D eigenvalue weighted by Gasteiger charge is 2.31. The molecule has 2 atom stereocenters. The molecule has 4 nitrogen and oxygen atoms in total. The van der Waals surface area contributed by atoms with Gasteiger partial charge < -0.3 is 11.1 Å². The summed E-state index contributed by atoms with van der Waals surface area (Å²) in [5.74, 6) is -0.545. The minimum absolute atomic E-state index is 0. The predicted octanol–water partition coefficient (Wildman–Crippen LogP) is 4.32. The summed E-state index contributed by atoms with van der Waals surface area (Å²) >= 11 is 0. The zero-order chi connectivity index (χ0) is 18.2. The third-order valence-corrected chi connectivity index (χ3v) is 4.37. The topological polar surface area (TPSA) is 63.8 Å². The number of nitrogens with two attached hydrogens (primary N) is 1. The molecule has 1 aromatic heterocycles. The van der Waals surface area contributed by atoms with Crippen molar-refractivity contribution in [3.8, 4) is 11.1 Å². The third-order valence-electron chi connectivity index (χ3n) is 4.37. The van der Waals surface area contributed by atoms with E-state index in [1.807, 2.05) is 0 Å². The van der Waals surface area contributed by atoms with Gasteiger partial charge in [-0.25, -0.2) is 14.4 Å². The van der Waals surface area contributed by atoms with Gasteiger partial charge in [-0.2, -0.15) is 13.2 Å². The average molecular weight is 391 g/mol. The first-order chi connectivity index (χ1) is 11.7. The van der Waals surface area contributed by atoms with Gasteiger partial charge in [0, 0.05) is 29.4 Å². The van der Waals surface area contributed by atoms with Crippen LogP contribution in [0.3, 0.4) is 0 Å². The number of hydrogen-bond acceptors (Lipinski definition) is 4. The number of benzene rings is 1. The summed E-state index contributed by atoms with van der Waals surface area (Å²) in [5.41, 5.74) is 5.73. The molecule has 0 aliphatic heterocycles. The Hall–Kier alpha value is -1.93. The fraction of sp³-hybridized carbons (Fsp3) is 0.412. The van der Waals surface area contributed by atoms with E-state index in [1.54, 1.807) is 6.92 Å². The minimum atomic E-state index is -4.58. The van der Waals surface area contributed by atoms with Crippen molar-refractivity contribution in [1.82, 2.24) is 9.97 Å². The van der Waals surface area contributed by atoms with Crippen LogP contribution in [0, 0.1) is 12.7 Å². The van der Waals surface area contributed by atoms with Gasteiger partial charge in [0.15, 0.2) is 0 Å². The Morgan fingerprint density at radius 2 is 1.92 bits per heavy atom. The second-order valence-corrected chi connectivity index (χ2v) is 6.30. The molecule has 0 unspecified atom stereocenters. The SMILES string of the molecule is Cc1nc(N[C@H]2CC[C@H](N)C2)ncc1-c1ccc(C(F)(F)F)cc1F.Cl. The maximum Gasteiger partial charge on any atom is 0.416 e. The number of alkyl halides is 3. The van der Waals surface area contributed by atoms with Gasteiger partial charge in [0.05, 0.1) is 11.3 Å². The van der Waals surface area contributed by atoms with Gasteiger partial charge >= 0.3 is 6.18 Å². The highest BCUT2D eigenvalue weighted by Crippen LogP contribution is 2.33. The maximum atomic E-state index is 14.1. The highest BCUT2D eigenvalue weighted by molar-refractivity contribution is 5.85. The second-order valence-electron chi connectivity index (χ2n) is 6.30. The number of hydrogen-bond donors (Lipinski definition) is 2. The van der Waals surface area contributed by atoms with Crippen molar-refractivity contribution in [2.75, 3.05) is 5.32 Å². The van der Waals surface area contributed by atoms with Gasteiger partial charge in [0.1, 0.15) is 5.82 Å². The largest absolute Gasteiger partial charge is 0.416 e. The third kappa shape index (κ3) is 4.42. The first-order valence-corrected chi connectivity index (χ1v) is 7.97. The Labute approximate surface area is 154 Å². The molecule has 142 valence electrons. The maximum absolute atomic E-state index is 14.1. The molecule has 1 aliphatic carbocycles. The van der Waals surface area contributed by atoms with Crippen LogP contribution in [-0.2, 0) is 6.18 Å². The monoisotopic (exact) mass is 390 g/mol. The quantitative estimate of drug-likeness (QED) is 0.766. The molecule has 3 N–H and O–H groups in total. The molecule has 0 saturated heterocycles. The van der Waals surface area contributed by atoms with Crippen LogP contribution in [-0.4, -0.2) is 22.1 Å². The van der Waals surface area contributed by atoms with Crippen LogP contribution in [0.4, 0.5) is 23.5 Å². The molecule has 0 spiro atoms. The number of nitrogens with zero attached hydrogens (tertiary/aromatic N) is 2. The lowest BCUT2D eigenvalue weighted by Crippen LogP contribution is -2.21. The summed E-state index contributed by atoms with van der Waals surface area (Å²) in [6.07, 6.45) is -0.464. The molecule has 1 saturated carbocycles. The van der Waals surface area contributed by atoms with E-state index in [2.05, 4.69) is 15.3 Å². The molecular weight excluding hydrogens is 372 g/mol. The minimum Gasteiger partial charge on any atom is -0.351 e. The molecule has 0 radical (unpaired) electrons. The number of halogens is 5. The Morgan fingerprint density at radius 3 is 2.46 bits per heavy atom. The van der Waals surface area contributed by atoms with Gasteiger partial charge in [0.25, 0.3) is 0 Å². The second kappa shape index (κ2) is 7.75. The molecule has 3 rings (SSSR count). The summed E-state index contributed by atoms with van der Waals surface area (Å²) < 4.78 is 52.1. The van der Waals surface area contributed by atoms with Crippen LogP contribution in [0.5, 0.6) is 0 Å². The molecule has 1 aliphatic rings. The van der Waals surface area contributed by atoms with Gasteiger partial charge in [-0.1, -0.05) is 6.07 Å². The zero-order valence-electron chi connectivity index (χ0n) is 14.0. The first kappa shape index (κ1) is 20.4. The number of rotatable bonds is 3. The number of aryl methyl sites for hydroxylation is 1. The summed E-state index contributed by atoms with van der Waals surface area (Å²) in [7, 11) is 0. The van der Waals surface area contributed by atoms with Crippen molar-refractivity contribution in [2.45, 2.75) is 44.4 Å². The van der Waals surface area contributed by atoms with Crippen LogP contribution >= 0.6 is 12.4 Å². The van der Waals surface area contributed by atoms with E-state index in [0.717, 1.165) is 31.4 Å². The van der Waals surface area contributed by atoms with Crippen LogP contribution < -0.4 is 11.1 Å². The first-order valence-electron chi connectivity index (χ1n) is 7.97. The Bertz CT molecular complexity index is 782. The van der Waals surface area contributed by atoms with Crippen molar-refractivity contribution in [1.29, 1.82) is 0 Å². The summed E-state index contributed by atoms with van der Waals surface area (Å²) in [6.45, 7) is 1.67. The van der Waals surface area contributed by atoms with E-state index >= 15 is 0 Å². The molecule has 1 heterocycles. The van der Waals surface area contributed by atoms with Crippen LogP contribution in [0.15, 0.2) is 24.4 Å². The van der Waals surface area contributed by atoms with Crippen LogP contribution in [0.25, 0.3) is 11.1 Å². The van der Waals surface area contributed by atoms with Crippen molar-refractivity contribution in [3.63, 3.8) is 0 Å². The summed E-state index contributed by atoms with van der Waals surface area (Å²) in [4.78, 5) is 8.46. The highest BCUT2D eigenvalue weighted by atomic mass is 35.5. The Balaban J connectivity index is 0.00000243. The van der Waals surface area contributed by atoms with Crippen LogP contribution in [0.1, 0.15) is 30.5 Å². The smallest absolute Gasteiger partial charge is 0.351 e. The van der Waals surface area contributed by atoms with E-state index < -0.39 is 17.6 Å². The van der Waals surface area contributed by atoms with Gasteiger partial charge in [-0.05, 0) is 38.3 Å². The molecule has 9 heteroatoms. The lowest BCUT2D eigenvalue weighted by Gasteiger charge is -2.14. The summed E-state index contributed by atoms with van der Waals surface area (Å²) in [5, 5.41) is 3.19. The number of nitrogens with one attached hydrogen (secondary N) is 1. The van der Waals surface area contributed by atoms with Crippen molar-refractivity contribution < 1.29 is 17.6 Å². The van der Waals surface area contributed by atoms with Crippen molar-refractivity contribution in [2.24, 2.45) is 5.73 Å². The van der Waals surface area contributed by atoms with Gasteiger partial charge in [-0.15, -0.1) is 12.4 Å². The van der Waals surface area contributed by atoms with E-state index in [-0.39, 0.29) is 30.1 Å². The fourth-order valence-corrected chi connectivity index (χ4v) is 3.04. The Kier molecular flexibility index (Phi) is 6.08. The molecule has 0 bridgehead atoms. The van der Waals surface area contributed by atoms with E-state index in [9.17, 15) is 17.6 Å². The number of anilines is 1. The van der Waals surface area contributed by atoms with Gasteiger partial charge in [-0.3, -0.25) is 0 Å². The molecule has 0 amide bonds. The molecular formula is C17H19ClF4N4. The number of aromatic nitrogens is 2. The lowest BCUT2D eigenvalue weighted by atomic mass is 10.0. The van der Waals surface area contributed by atoms with Gasteiger partial charge in [0.2, 0.25) is 5.95 Å². The normalized spacial score (nSPS) is 19.9. The summed E-state index contributed by atoms with van der Waals surface area (Å²) in [6, 6.07) is 2.81.